The molecule has 1 N–H and O–H groups in total. The number of ether oxygens (including phenoxy) is 1. The maximum Gasteiger partial charge on any atom is 0.340 e. The maximum absolute atomic E-state index is 13.3. The number of hydrogen-bond donors (Lipinski definition) is 1. The fourth-order valence-electron chi connectivity index (χ4n) is 3.88. The molecule has 0 radical (unpaired) electrons. The Kier molecular flexibility index (Phi) is 6.50. The minimum atomic E-state index is -0.505. The van der Waals surface area contributed by atoms with Crippen LogP contribution in [0.1, 0.15) is 17.3 Å². The van der Waals surface area contributed by atoms with E-state index in [2.05, 4.69) is 15.5 Å². The van der Waals surface area contributed by atoms with Crippen LogP contribution in [-0.4, -0.2) is 43.4 Å². The molecule has 1 amide bonds. The first-order chi connectivity index (χ1) is 17.6. The van der Waals surface area contributed by atoms with E-state index in [9.17, 15) is 14.4 Å². The van der Waals surface area contributed by atoms with Gasteiger partial charge in [-0.25, -0.2) is 9.36 Å². The smallest absolute Gasteiger partial charge is 0.340 e. The van der Waals surface area contributed by atoms with Crippen molar-refractivity contribution in [1.82, 2.24) is 19.2 Å². The molecule has 180 valence electrons. The summed E-state index contributed by atoms with van der Waals surface area (Å²) in [5.41, 5.74) is 1.75. The summed E-state index contributed by atoms with van der Waals surface area (Å²) in [5, 5.41) is 12.3. The number of carbonyl (C=O) groups excluding carboxylic acids is 2. The number of carbonyl (C=O) groups is 2. The molecule has 0 bridgehead atoms. The number of hydrogen-bond acceptors (Lipinski definition) is 7. The summed E-state index contributed by atoms with van der Waals surface area (Å²) in [5.74, 6) is -0.471. The molecule has 2 aromatic heterocycles. The summed E-state index contributed by atoms with van der Waals surface area (Å²) in [6.45, 7) is 1.96. The number of nitrogens with zero attached hydrogens (tertiary/aromatic N) is 4. The molecule has 36 heavy (non-hydrogen) atoms. The standard InChI is InChI=1S/C26H21N5O4S/c1-2-35-24(34)18-12-6-8-14-20(18)27-22(32)16-36-26-29-28-25-30(17-10-4-3-5-11-17)23(33)19-13-7-9-15-21(19)31(25)26/h3-15H,2,16H2,1H3,(H,27,32). The largest absolute Gasteiger partial charge is 0.462 e. The van der Waals surface area contributed by atoms with Gasteiger partial charge in [0.1, 0.15) is 0 Å². The SMILES string of the molecule is CCOC(=O)c1ccccc1NC(=O)CSc1nnc2n(-c3ccccc3)c(=O)c3ccccc3n12. The van der Waals surface area contributed by atoms with E-state index in [0.29, 0.717) is 33.2 Å². The van der Waals surface area contributed by atoms with Crippen molar-refractivity contribution >= 4 is 46.0 Å². The number of para-hydroxylation sites is 3. The Hall–Kier alpha value is -4.44. The van der Waals surface area contributed by atoms with Gasteiger partial charge in [0.05, 0.1) is 40.2 Å². The van der Waals surface area contributed by atoms with E-state index in [1.165, 1.54) is 16.3 Å². The van der Waals surface area contributed by atoms with Crippen molar-refractivity contribution in [1.29, 1.82) is 0 Å². The second-order valence-electron chi connectivity index (χ2n) is 7.71. The fraction of sp³-hybridized carbons (Fsp3) is 0.115. The molecule has 0 fully saturated rings. The molecule has 5 rings (SSSR count). The van der Waals surface area contributed by atoms with E-state index in [-0.39, 0.29) is 29.4 Å². The Morgan fingerprint density at radius 3 is 2.47 bits per heavy atom. The molecule has 0 aliphatic carbocycles. The van der Waals surface area contributed by atoms with E-state index in [0.717, 1.165) is 0 Å². The van der Waals surface area contributed by atoms with Crippen LogP contribution in [0.15, 0.2) is 88.8 Å². The first kappa shape index (κ1) is 23.3. The Labute approximate surface area is 209 Å². The molecule has 0 saturated heterocycles. The molecule has 9 nitrogen and oxygen atoms in total. The second kappa shape index (κ2) is 10.0. The van der Waals surface area contributed by atoms with Gasteiger partial charge >= 0.3 is 5.97 Å². The third-order valence-corrected chi connectivity index (χ3v) is 6.37. The Balaban J connectivity index is 1.48. The number of rotatable bonds is 7. The number of benzene rings is 3. The van der Waals surface area contributed by atoms with Crippen LogP contribution in [-0.2, 0) is 9.53 Å². The van der Waals surface area contributed by atoms with Gasteiger partial charge in [0.15, 0.2) is 5.16 Å². The lowest BCUT2D eigenvalue weighted by atomic mass is 10.2. The molecule has 0 unspecified atom stereocenters. The highest BCUT2D eigenvalue weighted by molar-refractivity contribution is 7.99. The monoisotopic (exact) mass is 499 g/mol. The molecular weight excluding hydrogens is 478 g/mol. The summed E-state index contributed by atoms with van der Waals surface area (Å²) in [7, 11) is 0. The van der Waals surface area contributed by atoms with Gasteiger partial charge in [-0.15, -0.1) is 10.2 Å². The summed E-state index contributed by atoms with van der Waals surface area (Å²) in [6, 6.07) is 23.1. The van der Waals surface area contributed by atoms with Gasteiger partial charge in [-0.1, -0.05) is 54.2 Å². The van der Waals surface area contributed by atoms with Gasteiger partial charge in [0.2, 0.25) is 11.7 Å². The third kappa shape index (κ3) is 4.34. The zero-order valence-corrected chi connectivity index (χ0v) is 20.1. The predicted molar refractivity (Wildman–Crippen MR) is 138 cm³/mol. The minimum Gasteiger partial charge on any atom is -0.462 e. The number of amides is 1. The Morgan fingerprint density at radius 2 is 1.67 bits per heavy atom. The van der Waals surface area contributed by atoms with E-state index in [1.807, 2.05) is 42.5 Å². The quantitative estimate of drug-likeness (QED) is 0.267. The van der Waals surface area contributed by atoms with Gasteiger partial charge in [-0.2, -0.15) is 0 Å². The lowest BCUT2D eigenvalue weighted by molar-refractivity contribution is -0.113. The van der Waals surface area contributed by atoms with Crippen LogP contribution in [0.25, 0.3) is 22.4 Å². The number of aromatic nitrogens is 4. The maximum atomic E-state index is 13.3. The summed E-state index contributed by atoms with van der Waals surface area (Å²) in [4.78, 5) is 38.3. The number of thioether (sulfide) groups is 1. The Morgan fingerprint density at radius 1 is 0.944 bits per heavy atom. The first-order valence-corrected chi connectivity index (χ1v) is 12.2. The van der Waals surface area contributed by atoms with Gasteiger partial charge in [0, 0.05) is 0 Å². The number of fused-ring (bicyclic) bond motifs is 3. The average molecular weight is 500 g/mol. The fourth-order valence-corrected chi connectivity index (χ4v) is 4.62. The molecule has 5 aromatic rings. The zero-order valence-electron chi connectivity index (χ0n) is 19.2. The third-order valence-electron chi connectivity index (χ3n) is 5.44. The van der Waals surface area contributed by atoms with Crippen molar-refractivity contribution in [2.75, 3.05) is 17.7 Å². The minimum absolute atomic E-state index is 0.0107. The molecule has 0 aliphatic rings. The summed E-state index contributed by atoms with van der Waals surface area (Å²) < 4.78 is 8.35. The second-order valence-corrected chi connectivity index (χ2v) is 8.66. The van der Waals surface area contributed by atoms with Gasteiger partial charge in [-0.3, -0.25) is 14.0 Å². The summed E-state index contributed by atoms with van der Waals surface area (Å²) in [6.07, 6.45) is 0. The molecule has 10 heteroatoms. The molecule has 0 aliphatic heterocycles. The zero-order chi connectivity index (χ0) is 25.1. The number of esters is 1. The molecule has 0 saturated carbocycles. The van der Waals surface area contributed by atoms with Crippen LogP contribution in [0, 0.1) is 0 Å². The van der Waals surface area contributed by atoms with Crippen molar-refractivity contribution in [3.8, 4) is 5.69 Å². The van der Waals surface area contributed by atoms with Gasteiger partial charge in [-0.05, 0) is 43.3 Å². The molecule has 2 heterocycles. The van der Waals surface area contributed by atoms with E-state index in [4.69, 9.17) is 4.74 Å². The predicted octanol–water partition coefficient (Wildman–Crippen LogP) is 3.94. The highest BCUT2D eigenvalue weighted by Gasteiger charge is 2.19. The van der Waals surface area contributed by atoms with Crippen molar-refractivity contribution in [3.63, 3.8) is 0 Å². The highest BCUT2D eigenvalue weighted by atomic mass is 32.2. The van der Waals surface area contributed by atoms with Gasteiger partial charge < -0.3 is 10.1 Å². The van der Waals surface area contributed by atoms with Crippen molar-refractivity contribution in [2.45, 2.75) is 12.1 Å². The molecule has 3 aromatic carbocycles. The van der Waals surface area contributed by atoms with Crippen LogP contribution >= 0.6 is 11.8 Å². The first-order valence-electron chi connectivity index (χ1n) is 11.2. The van der Waals surface area contributed by atoms with E-state index in [1.54, 1.807) is 47.7 Å². The topological polar surface area (TPSA) is 108 Å². The van der Waals surface area contributed by atoms with Crippen LogP contribution < -0.4 is 10.9 Å². The highest BCUT2D eigenvalue weighted by Crippen LogP contribution is 2.24. The van der Waals surface area contributed by atoms with Crippen molar-refractivity contribution in [3.05, 3.63) is 94.8 Å². The van der Waals surface area contributed by atoms with E-state index >= 15 is 0 Å². The van der Waals surface area contributed by atoms with Crippen LogP contribution in [0.4, 0.5) is 5.69 Å². The van der Waals surface area contributed by atoms with Gasteiger partial charge in [0.25, 0.3) is 5.56 Å². The average Bonchev–Trinajstić information content (AvgIpc) is 3.32. The van der Waals surface area contributed by atoms with Crippen molar-refractivity contribution < 1.29 is 14.3 Å². The van der Waals surface area contributed by atoms with E-state index < -0.39 is 5.97 Å². The lowest BCUT2D eigenvalue weighted by Gasteiger charge is -2.11. The molecule has 0 spiro atoms. The van der Waals surface area contributed by atoms with Crippen LogP contribution in [0.2, 0.25) is 0 Å². The lowest BCUT2D eigenvalue weighted by Crippen LogP contribution is -2.22. The molecule has 0 atom stereocenters. The number of anilines is 1. The molecular formula is C26H21N5O4S. The Bertz CT molecular complexity index is 1650. The number of nitrogens with one attached hydrogen (secondary N) is 1. The van der Waals surface area contributed by atoms with Crippen LogP contribution in [0.3, 0.4) is 0 Å². The normalized spacial score (nSPS) is 11.0. The van der Waals surface area contributed by atoms with Crippen LogP contribution in [0.5, 0.6) is 0 Å². The van der Waals surface area contributed by atoms with Crippen molar-refractivity contribution in [2.24, 2.45) is 0 Å². The summed E-state index contributed by atoms with van der Waals surface area (Å²) >= 11 is 1.18.